The van der Waals surface area contributed by atoms with Gasteiger partial charge in [0.2, 0.25) is 0 Å². The maximum atomic E-state index is 5.75. The molecule has 0 saturated carbocycles. The summed E-state index contributed by atoms with van der Waals surface area (Å²) in [5.74, 6) is -1.12. The lowest BCUT2D eigenvalue weighted by molar-refractivity contribution is -0.209. The molecule has 0 aromatic rings. The van der Waals surface area contributed by atoms with Crippen molar-refractivity contribution < 1.29 is 18.9 Å². The largest absolute Gasteiger partial charge is 0.352 e. The smallest absolute Gasteiger partial charge is 0.179 e. The molecule has 0 saturated heterocycles. The monoisotopic (exact) mass is 386 g/mol. The summed E-state index contributed by atoms with van der Waals surface area (Å²) in [5.41, 5.74) is 0. The topological polar surface area (TPSA) is 36.9 Å². The number of methoxy groups -OCH3 is 4. The number of hydrogen-bond donors (Lipinski definition) is 0. The zero-order valence-corrected chi connectivity index (χ0v) is 21.5. The fourth-order valence-corrected chi connectivity index (χ4v) is 9.65. The predicted molar refractivity (Wildman–Crippen MR) is 106 cm³/mol. The molecule has 134 valence electrons. The SMILES string of the molecule is COC(C[SiH3])(OC)C(C)(C)SSC(C)(C)C(C[SiH3])(OC)OC. The summed E-state index contributed by atoms with van der Waals surface area (Å²) < 4.78 is 22.6. The van der Waals surface area contributed by atoms with E-state index in [1.807, 2.05) is 0 Å². The summed E-state index contributed by atoms with van der Waals surface area (Å²) in [7, 11) is 12.5. The zero-order chi connectivity index (χ0) is 17.7. The van der Waals surface area contributed by atoms with Gasteiger partial charge in [-0.3, -0.25) is 0 Å². The quantitative estimate of drug-likeness (QED) is 0.304. The second-order valence-electron chi connectivity index (χ2n) is 6.22. The van der Waals surface area contributed by atoms with Gasteiger partial charge in [-0.05, 0) is 39.8 Å². The van der Waals surface area contributed by atoms with Crippen molar-refractivity contribution in [3.05, 3.63) is 0 Å². The van der Waals surface area contributed by atoms with Crippen LogP contribution in [-0.4, -0.2) is 70.0 Å². The normalized spacial score (nSPS) is 14.7. The van der Waals surface area contributed by atoms with E-state index in [0.29, 0.717) is 0 Å². The van der Waals surface area contributed by atoms with Crippen LogP contribution in [-0.2, 0) is 18.9 Å². The van der Waals surface area contributed by atoms with Crippen molar-refractivity contribution in [1.29, 1.82) is 0 Å². The fourth-order valence-electron chi connectivity index (χ4n) is 2.91. The predicted octanol–water partition coefficient (Wildman–Crippen LogP) is 1.47. The molecule has 0 aromatic heterocycles. The maximum absolute atomic E-state index is 5.75. The van der Waals surface area contributed by atoms with Gasteiger partial charge >= 0.3 is 0 Å². The summed E-state index contributed by atoms with van der Waals surface area (Å²) in [6.07, 6.45) is 0. The number of ether oxygens (including phenoxy) is 4. The third-order valence-corrected chi connectivity index (χ3v) is 10.7. The molecule has 0 aliphatic heterocycles. The highest BCUT2D eigenvalue weighted by atomic mass is 33.1. The second kappa shape index (κ2) is 8.89. The van der Waals surface area contributed by atoms with Crippen LogP contribution in [0.5, 0.6) is 0 Å². The Morgan fingerprint density at radius 3 is 1.00 bits per heavy atom. The van der Waals surface area contributed by atoms with Gasteiger partial charge in [-0.1, -0.05) is 21.6 Å². The van der Waals surface area contributed by atoms with Crippen LogP contribution in [0.4, 0.5) is 0 Å². The van der Waals surface area contributed by atoms with Crippen LogP contribution < -0.4 is 0 Å². The van der Waals surface area contributed by atoms with Crippen molar-refractivity contribution in [3.63, 3.8) is 0 Å². The van der Waals surface area contributed by atoms with Crippen LogP contribution >= 0.6 is 21.6 Å². The maximum Gasteiger partial charge on any atom is 0.179 e. The Morgan fingerprint density at radius 2 is 0.864 bits per heavy atom. The second-order valence-corrected chi connectivity index (χ2v) is 11.0. The van der Waals surface area contributed by atoms with Gasteiger partial charge in [-0.25, -0.2) is 0 Å². The first-order valence-corrected chi connectivity index (χ1v) is 12.6. The molecule has 0 fully saturated rings. The van der Waals surface area contributed by atoms with Crippen LogP contribution in [0, 0.1) is 0 Å². The molecule has 0 aliphatic rings. The molecule has 0 spiro atoms. The van der Waals surface area contributed by atoms with Gasteiger partial charge in [0, 0.05) is 48.9 Å². The zero-order valence-electron chi connectivity index (χ0n) is 15.9. The Kier molecular flexibility index (Phi) is 9.28. The molecule has 0 heterocycles. The summed E-state index contributed by atoms with van der Waals surface area (Å²) >= 11 is 0. The minimum absolute atomic E-state index is 0.196. The molecular formula is C14H34O4S2Si2. The molecule has 0 unspecified atom stereocenters. The molecule has 8 heteroatoms. The minimum atomic E-state index is -0.559. The number of rotatable bonds is 11. The van der Waals surface area contributed by atoms with E-state index >= 15 is 0 Å². The molecule has 0 atom stereocenters. The fraction of sp³-hybridized carbons (Fsp3) is 1.00. The van der Waals surface area contributed by atoms with E-state index in [-0.39, 0.29) is 9.49 Å². The van der Waals surface area contributed by atoms with E-state index in [4.69, 9.17) is 18.9 Å². The van der Waals surface area contributed by atoms with Gasteiger partial charge in [0.1, 0.15) is 0 Å². The van der Waals surface area contributed by atoms with Crippen LogP contribution in [0.1, 0.15) is 27.7 Å². The Hall–Kier alpha value is 0.974. The van der Waals surface area contributed by atoms with Crippen LogP contribution in [0.15, 0.2) is 0 Å². The van der Waals surface area contributed by atoms with Crippen molar-refractivity contribution >= 4 is 42.1 Å². The molecule has 0 aliphatic carbocycles. The van der Waals surface area contributed by atoms with Crippen molar-refractivity contribution in [2.24, 2.45) is 0 Å². The van der Waals surface area contributed by atoms with E-state index in [9.17, 15) is 0 Å². The molecule has 0 N–H and O–H groups in total. The van der Waals surface area contributed by atoms with Gasteiger partial charge in [0.15, 0.2) is 11.6 Å². The van der Waals surface area contributed by atoms with Gasteiger partial charge in [0.05, 0.1) is 9.49 Å². The minimum Gasteiger partial charge on any atom is -0.352 e. The molecule has 0 radical (unpaired) electrons. The summed E-state index contributed by atoms with van der Waals surface area (Å²) in [6, 6.07) is 1.84. The Bertz CT molecular complexity index is 284. The third kappa shape index (κ3) is 4.33. The summed E-state index contributed by atoms with van der Waals surface area (Å²) in [5, 5.41) is 0. The van der Waals surface area contributed by atoms with Gasteiger partial charge in [0.25, 0.3) is 0 Å². The van der Waals surface area contributed by atoms with Crippen molar-refractivity contribution in [2.45, 2.75) is 60.9 Å². The standard InChI is InChI=1S/C14H34O4S2Si2/c1-11(2,13(9-21,15-5)16-6)19-20-12(3,4)14(10-22,17-7)18-8/h9-10H2,1-8,21-22H3. The third-order valence-electron chi connectivity index (χ3n) is 4.54. The van der Waals surface area contributed by atoms with E-state index in [2.05, 4.69) is 27.7 Å². The van der Waals surface area contributed by atoms with E-state index < -0.39 is 11.6 Å². The first-order chi connectivity index (χ1) is 10.1. The molecule has 0 amide bonds. The Morgan fingerprint density at radius 1 is 0.636 bits per heavy atom. The van der Waals surface area contributed by atoms with E-state index in [0.717, 1.165) is 32.6 Å². The van der Waals surface area contributed by atoms with Gasteiger partial charge in [-0.15, -0.1) is 0 Å². The summed E-state index contributed by atoms with van der Waals surface area (Å²) in [6.45, 7) is 8.70. The first kappa shape index (κ1) is 23.0. The lowest BCUT2D eigenvalue weighted by Crippen LogP contribution is -2.53. The highest BCUT2D eigenvalue weighted by Crippen LogP contribution is 2.54. The van der Waals surface area contributed by atoms with Gasteiger partial charge in [-0.2, -0.15) is 0 Å². The molecule has 0 rings (SSSR count). The Balaban J connectivity index is 5.26. The molecule has 4 nitrogen and oxygen atoms in total. The van der Waals surface area contributed by atoms with E-state index in [1.54, 1.807) is 50.0 Å². The number of hydrogen-bond acceptors (Lipinski definition) is 6. The van der Waals surface area contributed by atoms with Crippen molar-refractivity contribution in [1.82, 2.24) is 0 Å². The van der Waals surface area contributed by atoms with E-state index in [1.165, 1.54) is 0 Å². The average Bonchev–Trinajstić information content (AvgIpc) is 2.49. The lowest BCUT2D eigenvalue weighted by Gasteiger charge is -2.47. The van der Waals surface area contributed by atoms with Crippen molar-refractivity contribution in [2.75, 3.05) is 28.4 Å². The average molecular weight is 387 g/mol. The summed E-state index contributed by atoms with van der Waals surface area (Å²) in [4.78, 5) is 0. The highest BCUT2D eigenvalue weighted by Gasteiger charge is 2.50. The van der Waals surface area contributed by atoms with Crippen LogP contribution in [0.25, 0.3) is 0 Å². The molecule has 0 bridgehead atoms. The highest BCUT2D eigenvalue weighted by molar-refractivity contribution is 8.77. The first-order valence-electron chi connectivity index (χ1n) is 7.65. The van der Waals surface area contributed by atoms with Crippen LogP contribution in [0.2, 0.25) is 12.1 Å². The van der Waals surface area contributed by atoms with Gasteiger partial charge < -0.3 is 18.9 Å². The molecule has 0 aromatic carbocycles. The molecule has 22 heavy (non-hydrogen) atoms. The Labute approximate surface area is 150 Å². The lowest BCUT2D eigenvalue weighted by atomic mass is 10.0. The molecular weight excluding hydrogens is 352 g/mol. The van der Waals surface area contributed by atoms with Crippen molar-refractivity contribution in [3.8, 4) is 0 Å². The van der Waals surface area contributed by atoms with Crippen LogP contribution in [0.3, 0.4) is 0 Å².